The zero-order valence-corrected chi connectivity index (χ0v) is 9.27. The molecule has 0 radical (unpaired) electrons. The fourth-order valence-electron chi connectivity index (χ4n) is 0.895. The summed E-state index contributed by atoms with van der Waals surface area (Å²) in [5.74, 6) is 0.306. The molecule has 4 heteroatoms. The average Bonchev–Trinajstić information content (AvgIpc) is 2.19. The molecule has 1 aromatic rings. The van der Waals surface area contributed by atoms with Crippen LogP contribution < -0.4 is 9.57 Å². The molecule has 1 aromatic heterocycles. The van der Waals surface area contributed by atoms with Gasteiger partial charge in [-0.3, -0.25) is 0 Å². The minimum absolute atomic E-state index is 0.306. The molecule has 0 saturated carbocycles. The number of aryl methyl sites for hydroxylation is 1. The molecule has 0 aromatic carbocycles. The van der Waals surface area contributed by atoms with E-state index in [4.69, 9.17) is 9.57 Å². The average molecular weight is 210 g/mol. The van der Waals surface area contributed by atoms with E-state index in [1.54, 1.807) is 12.4 Å². The number of rotatable bonds is 3. The normalized spacial score (nSPS) is 10.1. The van der Waals surface area contributed by atoms with Gasteiger partial charge in [0.2, 0.25) is 12.4 Å². The number of hydrogen-bond acceptors (Lipinski definition) is 3. The van der Waals surface area contributed by atoms with Crippen molar-refractivity contribution in [1.29, 1.82) is 0 Å². The van der Waals surface area contributed by atoms with Crippen molar-refractivity contribution in [2.24, 2.45) is 5.92 Å². The molecule has 82 valence electrons. The van der Waals surface area contributed by atoms with E-state index in [1.165, 1.54) is 4.73 Å². The van der Waals surface area contributed by atoms with Crippen LogP contribution in [0.1, 0.15) is 19.4 Å². The number of hydrogen-bond donors (Lipinski definition) is 0. The van der Waals surface area contributed by atoms with Gasteiger partial charge in [0.1, 0.15) is 0 Å². The second-order valence-corrected chi connectivity index (χ2v) is 3.78. The number of carbonyl (C=O) groups is 1. The first-order chi connectivity index (χ1) is 7.08. The lowest BCUT2D eigenvalue weighted by molar-refractivity contribution is -0.870. The van der Waals surface area contributed by atoms with Gasteiger partial charge in [-0.25, -0.2) is 0 Å². The van der Waals surface area contributed by atoms with E-state index in [-0.39, 0.29) is 0 Å². The summed E-state index contributed by atoms with van der Waals surface area (Å²) >= 11 is 0. The van der Waals surface area contributed by atoms with E-state index >= 15 is 0 Å². The van der Waals surface area contributed by atoms with Crippen LogP contribution in [-0.4, -0.2) is 12.8 Å². The molecule has 0 aliphatic carbocycles. The molecular weight excluding hydrogens is 194 g/mol. The number of carbonyl (C=O) groups excluding carboxylic acids is 1. The zero-order valence-electron chi connectivity index (χ0n) is 9.27. The first kappa shape index (κ1) is 11.5. The maximum absolute atomic E-state index is 11.1. The smallest absolute Gasteiger partial charge is 0.430 e. The SMILES string of the molecule is Cc1cc[n+](OC(=O)OCC(C)C)cc1. The Morgan fingerprint density at radius 2 is 2.00 bits per heavy atom. The molecule has 15 heavy (non-hydrogen) atoms. The lowest BCUT2D eigenvalue weighted by Crippen LogP contribution is -2.45. The van der Waals surface area contributed by atoms with Gasteiger partial charge in [-0.05, 0) is 18.4 Å². The minimum Gasteiger partial charge on any atom is -0.430 e. The van der Waals surface area contributed by atoms with Crippen LogP contribution in [0.25, 0.3) is 0 Å². The van der Waals surface area contributed by atoms with Crippen molar-refractivity contribution in [2.45, 2.75) is 20.8 Å². The highest BCUT2D eigenvalue weighted by molar-refractivity contribution is 5.59. The van der Waals surface area contributed by atoms with Gasteiger partial charge in [0.05, 0.1) is 6.61 Å². The number of nitrogens with zero attached hydrogens (tertiary/aromatic N) is 1. The predicted octanol–water partition coefficient (Wildman–Crippen LogP) is 1.50. The van der Waals surface area contributed by atoms with Crippen molar-refractivity contribution >= 4 is 6.16 Å². The molecule has 0 spiro atoms. The number of pyridine rings is 1. The molecule has 0 aliphatic rings. The molecule has 0 fully saturated rings. The summed E-state index contributed by atoms with van der Waals surface area (Å²) in [6, 6.07) is 3.69. The maximum Gasteiger partial charge on any atom is 0.572 e. The minimum atomic E-state index is -0.683. The number of ether oxygens (including phenoxy) is 1. The monoisotopic (exact) mass is 210 g/mol. The molecule has 1 rings (SSSR count). The van der Waals surface area contributed by atoms with Gasteiger partial charge in [0.15, 0.2) is 0 Å². The molecule has 4 nitrogen and oxygen atoms in total. The molecule has 0 unspecified atom stereocenters. The first-order valence-corrected chi connectivity index (χ1v) is 4.91. The molecular formula is C11H16NO3+. The van der Waals surface area contributed by atoms with Gasteiger partial charge in [0.25, 0.3) is 0 Å². The zero-order chi connectivity index (χ0) is 11.3. The third kappa shape index (κ3) is 4.44. The highest BCUT2D eigenvalue weighted by Gasteiger charge is 2.12. The molecule has 0 bridgehead atoms. The van der Waals surface area contributed by atoms with Crippen molar-refractivity contribution in [2.75, 3.05) is 6.61 Å². The van der Waals surface area contributed by atoms with E-state index < -0.39 is 6.16 Å². The van der Waals surface area contributed by atoms with Crippen LogP contribution >= 0.6 is 0 Å². The molecule has 0 N–H and O–H groups in total. The summed E-state index contributed by atoms with van der Waals surface area (Å²) in [4.78, 5) is 16.0. The Hall–Kier alpha value is -1.58. The van der Waals surface area contributed by atoms with Crippen LogP contribution in [0.15, 0.2) is 24.5 Å². The summed E-state index contributed by atoms with van der Waals surface area (Å²) in [6.45, 7) is 6.26. The van der Waals surface area contributed by atoms with Gasteiger partial charge in [-0.2, -0.15) is 4.79 Å². The Balaban J connectivity index is 2.41. The Morgan fingerprint density at radius 1 is 1.40 bits per heavy atom. The van der Waals surface area contributed by atoms with Crippen LogP contribution in [-0.2, 0) is 4.74 Å². The molecule has 0 saturated heterocycles. The van der Waals surface area contributed by atoms with Crippen molar-refractivity contribution in [3.8, 4) is 0 Å². The van der Waals surface area contributed by atoms with Crippen LogP contribution in [0.5, 0.6) is 0 Å². The lowest BCUT2D eigenvalue weighted by Gasteiger charge is -2.03. The summed E-state index contributed by atoms with van der Waals surface area (Å²) in [7, 11) is 0. The highest BCUT2D eigenvalue weighted by atomic mass is 16.8. The summed E-state index contributed by atoms with van der Waals surface area (Å²) in [5.41, 5.74) is 1.10. The third-order valence-electron chi connectivity index (χ3n) is 1.68. The van der Waals surface area contributed by atoms with E-state index in [0.717, 1.165) is 5.56 Å². The van der Waals surface area contributed by atoms with Crippen LogP contribution in [0.4, 0.5) is 4.79 Å². The number of aromatic nitrogens is 1. The van der Waals surface area contributed by atoms with E-state index in [2.05, 4.69) is 0 Å². The highest BCUT2D eigenvalue weighted by Crippen LogP contribution is 1.93. The molecule has 0 atom stereocenters. The van der Waals surface area contributed by atoms with Gasteiger partial charge in [-0.1, -0.05) is 13.8 Å². The fraction of sp³-hybridized carbons (Fsp3) is 0.455. The quantitative estimate of drug-likeness (QED) is 0.560. The topological polar surface area (TPSA) is 39.4 Å². The molecule has 0 amide bonds. The summed E-state index contributed by atoms with van der Waals surface area (Å²) < 4.78 is 6.17. The Kier molecular flexibility index (Phi) is 4.09. The van der Waals surface area contributed by atoms with Gasteiger partial charge < -0.3 is 4.74 Å². The maximum atomic E-state index is 11.1. The third-order valence-corrected chi connectivity index (χ3v) is 1.68. The Labute approximate surface area is 89.4 Å². The van der Waals surface area contributed by atoms with E-state index in [0.29, 0.717) is 12.5 Å². The Morgan fingerprint density at radius 3 is 2.53 bits per heavy atom. The van der Waals surface area contributed by atoms with Crippen molar-refractivity contribution in [3.05, 3.63) is 30.1 Å². The van der Waals surface area contributed by atoms with Crippen molar-refractivity contribution in [1.82, 2.24) is 0 Å². The molecule has 0 aliphatic heterocycles. The van der Waals surface area contributed by atoms with Crippen molar-refractivity contribution < 1.29 is 19.1 Å². The fourth-order valence-corrected chi connectivity index (χ4v) is 0.895. The predicted molar refractivity (Wildman–Crippen MR) is 54.1 cm³/mol. The second-order valence-electron chi connectivity index (χ2n) is 3.78. The summed E-state index contributed by atoms with van der Waals surface area (Å²) in [5, 5.41) is 0. The van der Waals surface area contributed by atoms with E-state index in [1.807, 2.05) is 32.9 Å². The molecule has 1 heterocycles. The standard InChI is InChI=1S/C11H16NO3/c1-9(2)8-14-11(13)15-12-6-4-10(3)5-7-12/h4-7,9H,8H2,1-3H3/q+1. The van der Waals surface area contributed by atoms with Crippen molar-refractivity contribution in [3.63, 3.8) is 0 Å². The van der Waals surface area contributed by atoms with Crippen LogP contribution in [0.2, 0.25) is 0 Å². The summed E-state index contributed by atoms with van der Waals surface area (Å²) in [6.07, 6.45) is 2.63. The Bertz CT molecular complexity index is 319. The van der Waals surface area contributed by atoms with Gasteiger partial charge in [-0.15, -0.1) is 4.84 Å². The largest absolute Gasteiger partial charge is 0.572 e. The van der Waals surface area contributed by atoms with Crippen LogP contribution in [0.3, 0.4) is 0 Å². The van der Waals surface area contributed by atoms with Gasteiger partial charge in [0, 0.05) is 16.9 Å². The van der Waals surface area contributed by atoms with Gasteiger partial charge >= 0.3 is 6.16 Å². The van der Waals surface area contributed by atoms with Crippen LogP contribution in [0, 0.1) is 12.8 Å². The lowest BCUT2D eigenvalue weighted by atomic mass is 10.2. The van der Waals surface area contributed by atoms with E-state index in [9.17, 15) is 4.79 Å². The first-order valence-electron chi connectivity index (χ1n) is 4.91. The second kappa shape index (κ2) is 5.34.